The predicted octanol–water partition coefficient (Wildman–Crippen LogP) is 0.663. The molecule has 1 rings (SSSR count). The van der Waals surface area contributed by atoms with E-state index < -0.39 is 0 Å². The predicted molar refractivity (Wildman–Crippen MR) is 25.1 cm³/mol. The van der Waals surface area contributed by atoms with Crippen LogP contribution in [-0.4, -0.2) is 16.1 Å². The van der Waals surface area contributed by atoms with Crippen LogP contribution in [-0.2, 0) is 3.73 Å². The molecule has 0 fully saturated rings. The molecule has 6 heavy (non-hydrogen) atoms. The zero-order valence-electron chi connectivity index (χ0n) is 3.16. The van der Waals surface area contributed by atoms with Crippen LogP contribution < -0.4 is 0 Å². The van der Waals surface area contributed by atoms with Crippen LogP contribution in [0.15, 0.2) is 23.3 Å². The summed E-state index contributed by atoms with van der Waals surface area (Å²) in [6.07, 6.45) is 5.61. The van der Waals surface area contributed by atoms with E-state index in [9.17, 15) is 0 Å². The van der Waals surface area contributed by atoms with E-state index in [0.29, 0.717) is 0 Å². The van der Waals surface area contributed by atoms with Gasteiger partial charge >= 0.3 is 43.1 Å². The second kappa shape index (κ2) is 2.09. The van der Waals surface area contributed by atoms with Crippen molar-refractivity contribution in [1.82, 2.24) is 0 Å². The number of hydrogen-bond donors (Lipinski definition) is 0. The Hall–Kier alpha value is -0.162. The Morgan fingerprint density at radius 2 is 2.33 bits per heavy atom. The van der Waals surface area contributed by atoms with Crippen LogP contribution in [0.5, 0.6) is 0 Å². The number of rotatable bonds is 0. The van der Waals surface area contributed by atoms with Gasteiger partial charge in [0.05, 0.1) is 0 Å². The first-order valence-electron chi connectivity index (χ1n) is 1.68. The van der Waals surface area contributed by atoms with Crippen molar-refractivity contribution in [2.45, 2.75) is 0 Å². The molecule has 0 saturated carbocycles. The SMILES string of the molecule is C1=CO[As]C=C1. The van der Waals surface area contributed by atoms with Crippen molar-refractivity contribution < 1.29 is 3.73 Å². The standard InChI is InChI=1S/C4H4AsO/c1-2-4-6-5-3-1/h1-4H. The van der Waals surface area contributed by atoms with E-state index in [2.05, 4.69) is 4.86 Å². The summed E-state index contributed by atoms with van der Waals surface area (Å²) in [6.45, 7) is 0. The Labute approximate surface area is 43.7 Å². The van der Waals surface area contributed by atoms with Crippen LogP contribution in [0, 0.1) is 0 Å². The summed E-state index contributed by atoms with van der Waals surface area (Å²) in [5, 5.41) is 0. The summed E-state index contributed by atoms with van der Waals surface area (Å²) < 4.78 is 4.90. The Bertz CT molecular complexity index is 73.5. The van der Waals surface area contributed by atoms with Gasteiger partial charge in [0.15, 0.2) is 0 Å². The summed E-state index contributed by atoms with van der Waals surface area (Å²) in [6, 6.07) is 0. The van der Waals surface area contributed by atoms with Gasteiger partial charge in [-0.1, -0.05) is 0 Å². The summed E-state index contributed by atoms with van der Waals surface area (Å²) in [4.78, 5) is 2.05. The van der Waals surface area contributed by atoms with E-state index in [4.69, 9.17) is 3.73 Å². The Morgan fingerprint density at radius 3 is 2.50 bits per heavy atom. The minimum atomic E-state index is 0.0634. The Morgan fingerprint density at radius 1 is 1.33 bits per heavy atom. The van der Waals surface area contributed by atoms with Crippen molar-refractivity contribution in [1.29, 1.82) is 0 Å². The summed E-state index contributed by atoms with van der Waals surface area (Å²) in [5.74, 6) is 0. The molecule has 0 saturated heterocycles. The maximum atomic E-state index is 4.90. The van der Waals surface area contributed by atoms with Gasteiger partial charge in [-0.25, -0.2) is 0 Å². The van der Waals surface area contributed by atoms with Gasteiger partial charge in [-0.3, -0.25) is 0 Å². The molecule has 0 atom stereocenters. The molecule has 0 aliphatic carbocycles. The van der Waals surface area contributed by atoms with Crippen LogP contribution in [0.2, 0.25) is 0 Å². The fraction of sp³-hybridized carbons (Fsp3) is 0. The topological polar surface area (TPSA) is 9.23 Å². The molecule has 0 aromatic heterocycles. The third-order valence-electron chi connectivity index (χ3n) is 0.458. The van der Waals surface area contributed by atoms with E-state index in [1.54, 1.807) is 6.26 Å². The van der Waals surface area contributed by atoms with Gasteiger partial charge < -0.3 is 0 Å². The molecule has 1 nitrogen and oxygen atoms in total. The molecule has 1 heterocycles. The van der Waals surface area contributed by atoms with Crippen LogP contribution >= 0.6 is 0 Å². The number of allylic oxidation sites excluding steroid dienone is 2. The van der Waals surface area contributed by atoms with Gasteiger partial charge in [0, 0.05) is 0 Å². The van der Waals surface area contributed by atoms with Gasteiger partial charge in [-0.05, 0) is 0 Å². The van der Waals surface area contributed by atoms with Crippen LogP contribution in [0.3, 0.4) is 0 Å². The van der Waals surface area contributed by atoms with E-state index in [1.807, 2.05) is 12.2 Å². The molecular formula is C4H4AsO. The second-order valence-electron chi connectivity index (χ2n) is 0.881. The van der Waals surface area contributed by atoms with Crippen molar-refractivity contribution in [2.24, 2.45) is 0 Å². The molecule has 0 aromatic rings. The number of hydrogen-bond acceptors (Lipinski definition) is 1. The van der Waals surface area contributed by atoms with Gasteiger partial charge in [0.1, 0.15) is 0 Å². The third kappa shape index (κ3) is 0.907. The van der Waals surface area contributed by atoms with Crippen molar-refractivity contribution in [2.75, 3.05) is 0 Å². The second-order valence-corrected chi connectivity index (χ2v) is 2.39. The molecule has 0 unspecified atom stereocenters. The van der Waals surface area contributed by atoms with E-state index >= 15 is 0 Å². The Balaban J connectivity index is 2.46. The van der Waals surface area contributed by atoms with E-state index in [1.165, 1.54) is 0 Å². The van der Waals surface area contributed by atoms with Gasteiger partial charge in [-0.2, -0.15) is 0 Å². The van der Waals surface area contributed by atoms with Gasteiger partial charge in [0.25, 0.3) is 0 Å². The first kappa shape index (κ1) is 4.01. The zero-order valence-corrected chi connectivity index (χ0v) is 5.04. The van der Waals surface area contributed by atoms with Crippen LogP contribution in [0.25, 0.3) is 0 Å². The molecule has 1 aliphatic rings. The molecule has 1 radical (unpaired) electrons. The summed E-state index contributed by atoms with van der Waals surface area (Å²) in [7, 11) is 0. The first-order valence-corrected chi connectivity index (χ1v) is 3.53. The third-order valence-corrected chi connectivity index (χ3v) is 1.59. The molecule has 0 amide bonds. The van der Waals surface area contributed by atoms with Gasteiger partial charge in [-0.15, -0.1) is 0 Å². The Kier molecular flexibility index (Phi) is 1.40. The normalized spacial score (nSPS) is 21.3. The van der Waals surface area contributed by atoms with Crippen molar-refractivity contribution >= 4 is 16.1 Å². The average Bonchev–Trinajstić information content (AvgIpc) is 1.72. The van der Waals surface area contributed by atoms with Gasteiger partial charge in [0.2, 0.25) is 0 Å². The fourth-order valence-corrected chi connectivity index (χ4v) is 1.03. The molecule has 0 bridgehead atoms. The molecule has 0 spiro atoms. The summed E-state index contributed by atoms with van der Waals surface area (Å²) in [5.41, 5.74) is 0. The quantitative estimate of drug-likeness (QED) is 0.452. The zero-order chi connectivity index (χ0) is 4.24. The maximum absolute atomic E-state index is 4.90. The van der Waals surface area contributed by atoms with Crippen molar-refractivity contribution in [3.63, 3.8) is 0 Å². The monoisotopic (exact) mass is 143 g/mol. The molecule has 0 aromatic carbocycles. The molecule has 1 aliphatic heterocycles. The molecule has 0 N–H and O–H groups in total. The first-order chi connectivity index (χ1) is 3.00. The van der Waals surface area contributed by atoms with Crippen LogP contribution in [0.1, 0.15) is 0 Å². The summed E-state index contributed by atoms with van der Waals surface area (Å²) >= 11 is 0.0634. The fourth-order valence-electron chi connectivity index (χ4n) is 0.236. The minimum absolute atomic E-state index is 0.0634. The average molecular weight is 143 g/mol. The van der Waals surface area contributed by atoms with Crippen molar-refractivity contribution in [3.05, 3.63) is 23.3 Å². The van der Waals surface area contributed by atoms with E-state index in [0.717, 1.165) is 0 Å². The molecule has 31 valence electrons. The van der Waals surface area contributed by atoms with E-state index in [-0.39, 0.29) is 16.1 Å². The van der Waals surface area contributed by atoms with Crippen molar-refractivity contribution in [3.8, 4) is 0 Å². The van der Waals surface area contributed by atoms with Crippen LogP contribution in [0.4, 0.5) is 0 Å². The molecular weight excluding hydrogens is 139 g/mol. The molecule has 2 heteroatoms.